The molecule has 0 bridgehead atoms. The molecule has 0 aromatic heterocycles. The molecule has 0 atom stereocenters. The number of carbonyl (C=O) groups is 2. The molecule has 5 nitrogen and oxygen atoms in total. The van der Waals surface area contributed by atoms with Gasteiger partial charge in [0.05, 0.1) is 13.1 Å². The van der Waals surface area contributed by atoms with Crippen LogP contribution in [0, 0.1) is 0 Å². The fourth-order valence-electron chi connectivity index (χ4n) is 3.60. The largest absolute Gasteiger partial charge is 0.352 e. The highest BCUT2D eigenvalue weighted by molar-refractivity contribution is 5.95. The fraction of sp³-hybridized carbons (Fsp3) is 0.600. The molecule has 1 N–H and O–H groups in total. The average molecular weight is 343 g/mol. The first-order valence-electron chi connectivity index (χ1n) is 9.48. The van der Waals surface area contributed by atoms with Crippen LogP contribution in [-0.4, -0.2) is 48.9 Å². The minimum atomic E-state index is 0.0155. The van der Waals surface area contributed by atoms with Crippen molar-refractivity contribution in [2.24, 2.45) is 0 Å². The van der Waals surface area contributed by atoms with Gasteiger partial charge in [-0.25, -0.2) is 0 Å². The summed E-state index contributed by atoms with van der Waals surface area (Å²) in [4.78, 5) is 28.8. The standard InChI is InChI=1S/C20H29N3O2/c1-22(14-19(24)21-16-12-13-16)15-20(25)23(17-8-4-2-5-9-17)18-10-6-3-7-11-18/h2,4-5,8-9,16,18H,3,6-7,10-15H2,1H3,(H,21,24). The van der Waals surface area contributed by atoms with Crippen molar-refractivity contribution in [3.8, 4) is 0 Å². The Morgan fingerprint density at radius 2 is 1.68 bits per heavy atom. The molecule has 0 heterocycles. The van der Waals surface area contributed by atoms with Gasteiger partial charge in [0.1, 0.15) is 0 Å². The maximum Gasteiger partial charge on any atom is 0.241 e. The number of benzene rings is 1. The van der Waals surface area contributed by atoms with E-state index < -0.39 is 0 Å². The number of nitrogens with zero attached hydrogens (tertiary/aromatic N) is 2. The molecule has 1 aromatic carbocycles. The smallest absolute Gasteiger partial charge is 0.241 e. The van der Waals surface area contributed by atoms with Gasteiger partial charge in [-0.1, -0.05) is 37.5 Å². The first-order valence-corrected chi connectivity index (χ1v) is 9.48. The van der Waals surface area contributed by atoms with Crippen molar-refractivity contribution in [1.82, 2.24) is 10.2 Å². The molecule has 0 radical (unpaired) electrons. The van der Waals surface area contributed by atoms with Crippen LogP contribution in [0.5, 0.6) is 0 Å². The number of carbonyl (C=O) groups excluding carboxylic acids is 2. The fourth-order valence-corrected chi connectivity index (χ4v) is 3.60. The summed E-state index contributed by atoms with van der Waals surface area (Å²) < 4.78 is 0. The molecule has 0 unspecified atom stereocenters. The average Bonchev–Trinajstić information content (AvgIpc) is 3.40. The van der Waals surface area contributed by atoms with Crippen molar-refractivity contribution in [2.45, 2.75) is 57.0 Å². The van der Waals surface area contributed by atoms with Gasteiger partial charge >= 0.3 is 0 Å². The molecule has 3 rings (SSSR count). The Balaban J connectivity index is 1.62. The number of para-hydroxylation sites is 1. The normalized spacial score (nSPS) is 18.2. The third-order valence-corrected chi connectivity index (χ3v) is 5.00. The predicted molar refractivity (Wildman–Crippen MR) is 99.5 cm³/mol. The Bertz CT molecular complexity index is 580. The molecular formula is C20H29N3O2. The topological polar surface area (TPSA) is 52.7 Å². The molecule has 25 heavy (non-hydrogen) atoms. The maximum atomic E-state index is 13.0. The van der Waals surface area contributed by atoms with Crippen molar-refractivity contribution in [1.29, 1.82) is 0 Å². The van der Waals surface area contributed by atoms with Gasteiger partial charge < -0.3 is 10.2 Å². The van der Waals surface area contributed by atoms with E-state index in [0.717, 1.165) is 31.4 Å². The van der Waals surface area contributed by atoms with Gasteiger partial charge in [0.25, 0.3) is 0 Å². The van der Waals surface area contributed by atoms with Crippen LogP contribution in [0.15, 0.2) is 30.3 Å². The summed E-state index contributed by atoms with van der Waals surface area (Å²) in [5.41, 5.74) is 0.968. The molecule has 2 aliphatic rings. The van der Waals surface area contributed by atoms with E-state index in [9.17, 15) is 9.59 Å². The van der Waals surface area contributed by atoms with Crippen LogP contribution in [0.25, 0.3) is 0 Å². The van der Waals surface area contributed by atoms with Crippen LogP contribution in [0.2, 0.25) is 0 Å². The molecule has 136 valence electrons. The van der Waals surface area contributed by atoms with Gasteiger partial charge in [-0.3, -0.25) is 14.5 Å². The second kappa shape index (κ2) is 8.48. The van der Waals surface area contributed by atoms with Crippen molar-refractivity contribution >= 4 is 17.5 Å². The number of hydrogen-bond acceptors (Lipinski definition) is 3. The SMILES string of the molecule is CN(CC(=O)NC1CC1)CC(=O)N(c1ccccc1)C1CCCCC1. The second-order valence-electron chi connectivity index (χ2n) is 7.41. The second-order valence-corrected chi connectivity index (χ2v) is 7.41. The predicted octanol–water partition coefficient (Wildman–Crippen LogP) is 2.56. The Kier molecular flexibility index (Phi) is 6.08. The lowest BCUT2D eigenvalue weighted by Crippen LogP contribution is -2.47. The van der Waals surface area contributed by atoms with E-state index in [4.69, 9.17) is 0 Å². The van der Waals surface area contributed by atoms with E-state index in [0.29, 0.717) is 6.04 Å². The highest BCUT2D eigenvalue weighted by Gasteiger charge is 2.28. The Morgan fingerprint density at radius 1 is 1.00 bits per heavy atom. The summed E-state index contributed by atoms with van der Waals surface area (Å²) in [5.74, 6) is 0.0987. The van der Waals surface area contributed by atoms with Crippen LogP contribution in [-0.2, 0) is 9.59 Å². The molecular weight excluding hydrogens is 314 g/mol. The van der Waals surface area contributed by atoms with E-state index in [-0.39, 0.29) is 30.9 Å². The van der Waals surface area contributed by atoms with Crippen LogP contribution in [0.3, 0.4) is 0 Å². The molecule has 2 amide bonds. The molecule has 0 saturated heterocycles. The number of rotatable bonds is 7. The lowest BCUT2D eigenvalue weighted by Gasteiger charge is -2.35. The molecule has 0 spiro atoms. The third kappa shape index (κ3) is 5.30. The highest BCUT2D eigenvalue weighted by atomic mass is 16.2. The number of amides is 2. The van der Waals surface area contributed by atoms with E-state index in [1.165, 1.54) is 19.3 Å². The zero-order chi connectivity index (χ0) is 17.6. The molecule has 2 fully saturated rings. The van der Waals surface area contributed by atoms with Crippen LogP contribution in [0.4, 0.5) is 5.69 Å². The zero-order valence-corrected chi connectivity index (χ0v) is 15.1. The number of likely N-dealkylation sites (N-methyl/N-ethyl adjacent to an activating group) is 1. The van der Waals surface area contributed by atoms with E-state index in [1.54, 1.807) is 0 Å². The summed E-state index contributed by atoms with van der Waals surface area (Å²) in [6, 6.07) is 10.6. The first-order chi connectivity index (χ1) is 12.1. The summed E-state index contributed by atoms with van der Waals surface area (Å²) in [6.07, 6.45) is 7.91. The van der Waals surface area contributed by atoms with Crippen LogP contribution in [0.1, 0.15) is 44.9 Å². The number of anilines is 1. The van der Waals surface area contributed by atoms with E-state index in [2.05, 4.69) is 5.32 Å². The van der Waals surface area contributed by atoms with Crippen molar-refractivity contribution in [3.05, 3.63) is 30.3 Å². The van der Waals surface area contributed by atoms with Gasteiger partial charge in [-0.05, 0) is 44.9 Å². The molecule has 5 heteroatoms. The minimum Gasteiger partial charge on any atom is -0.352 e. The first kappa shape index (κ1) is 17.9. The van der Waals surface area contributed by atoms with Crippen LogP contribution >= 0.6 is 0 Å². The summed E-state index contributed by atoms with van der Waals surface area (Å²) in [6.45, 7) is 0.541. The Morgan fingerprint density at radius 3 is 2.32 bits per heavy atom. The molecule has 0 aliphatic heterocycles. The number of hydrogen-bond donors (Lipinski definition) is 1. The van der Waals surface area contributed by atoms with Crippen LogP contribution < -0.4 is 10.2 Å². The van der Waals surface area contributed by atoms with Gasteiger partial charge in [0.2, 0.25) is 11.8 Å². The summed E-state index contributed by atoms with van der Waals surface area (Å²) in [7, 11) is 1.84. The molecule has 2 saturated carbocycles. The number of nitrogens with one attached hydrogen (secondary N) is 1. The van der Waals surface area contributed by atoms with Crippen molar-refractivity contribution in [3.63, 3.8) is 0 Å². The Labute approximate surface area is 150 Å². The quantitative estimate of drug-likeness (QED) is 0.828. The van der Waals surface area contributed by atoms with Gasteiger partial charge in [0.15, 0.2) is 0 Å². The van der Waals surface area contributed by atoms with Gasteiger partial charge in [-0.15, -0.1) is 0 Å². The van der Waals surface area contributed by atoms with Crippen molar-refractivity contribution in [2.75, 3.05) is 25.0 Å². The van der Waals surface area contributed by atoms with E-state index in [1.807, 2.05) is 47.2 Å². The van der Waals surface area contributed by atoms with Gasteiger partial charge in [-0.2, -0.15) is 0 Å². The highest BCUT2D eigenvalue weighted by Crippen LogP contribution is 2.27. The van der Waals surface area contributed by atoms with Crippen molar-refractivity contribution < 1.29 is 9.59 Å². The maximum absolute atomic E-state index is 13.0. The van der Waals surface area contributed by atoms with Gasteiger partial charge in [0, 0.05) is 17.8 Å². The zero-order valence-electron chi connectivity index (χ0n) is 15.1. The molecule has 2 aliphatic carbocycles. The monoisotopic (exact) mass is 343 g/mol. The summed E-state index contributed by atoms with van der Waals surface area (Å²) in [5, 5.41) is 2.98. The molecule has 1 aromatic rings. The summed E-state index contributed by atoms with van der Waals surface area (Å²) >= 11 is 0. The van der Waals surface area contributed by atoms with E-state index >= 15 is 0 Å². The minimum absolute atomic E-state index is 0.0155. The lowest BCUT2D eigenvalue weighted by molar-refractivity contribution is -0.123. The lowest BCUT2D eigenvalue weighted by atomic mass is 9.93. The third-order valence-electron chi connectivity index (χ3n) is 5.00. The Hall–Kier alpha value is -1.88.